The van der Waals surface area contributed by atoms with Gasteiger partial charge in [-0.3, -0.25) is 14.9 Å². The summed E-state index contributed by atoms with van der Waals surface area (Å²) in [6.07, 6.45) is 5.66. The monoisotopic (exact) mass is 493 g/mol. The van der Waals surface area contributed by atoms with E-state index in [1.807, 2.05) is 50.4 Å². The SMILES string of the molecule is CC(C)CC(=O)Nc1cncc(-c2ccc3[nH]nc(-c4cc5c(-c6cccs6)ccnc5[nH]4)c3n2)c1. The lowest BCUT2D eigenvalue weighted by atomic mass is 10.1. The van der Waals surface area contributed by atoms with Gasteiger partial charge in [0.1, 0.15) is 16.9 Å². The van der Waals surface area contributed by atoms with Gasteiger partial charge >= 0.3 is 0 Å². The Morgan fingerprint density at radius 2 is 2.06 bits per heavy atom. The van der Waals surface area contributed by atoms with Gasteiger partial charge in [-0.2, -0.15) is 5.10 Å². The molecule has 3 N–H and O–H groups in total. The molecule has 6 heterocycles. The largest absolute Gasteiger partial charge is 0.338 e. The Bertz CT molecular complexity index is 1700. The number of hydrogen-bond acceptors (Lipinski definition) is 6. The van der Waals surface area contributed by atoms with Crippen molar-refractivity contribution in [3.05, 3.63) is 66.4 Å². The molecule has 0 saturated carbocycles. The predicted octanol–water partition coefficient (Wildman–Crippen LogP) is 6.28. The zero-order chi connectivity index (χ0) is 24.6. The lowest BCUT2D eigenvalue weighted by Gasteiger charge is -2.08. The molecule has 6 aromatic heterocycles. The topological polar surface area (TPSA) is 112 Å². The van der Waals surface area contributed by atoms with Gasteiger partial charge in [-0.15, -0.1) is 11.3 Å². The first-order valence-electron chi connectivity index (χ1n) is 11.7. The maximum Gasteiger partial charge on any atom is 0.224 e. The Balaban J connectivity index is 1.38. The van der Waals surface area contributed by atoms with Crippen LogP contribution in [0.25, 0.3) is 55.2 Å². The molecular weight excluding hydrogens is 470 g/mol. The quantitative estimate of drug-likeness (QED) is 0.253. The normalized spacial score (nSPS) is 11.5. The third-order valence-corrected chi connectivity index (χ3v) is 6.80. The highest BCUT2D eigenvalue weighted by Gasteiger charge is 2.16. The molecule has 1 amide bonds. The lowest BCUT2D eigenvalue weighted by Crippen LogP contribution is -2.13. The standard InChI is InChI=1S/C27H23N7OS/c1-15(2)10-24(35)30-17-11-16(13-28-14-17)20-5-6-21-25(31-20)26(34-33-21)22-12-19-18(23-4-3-9-36-23)7-8-29-27(19)32-22/h3-9,11-15H,10H2,1-2H3,(H,29,32)(H,30,35)(H,33,34). The average Bonchev–Trinajstić information content (AvgIpc) is 3.62. The summed E-state index contributed by atoms with van der Waals surface area (Å²) in [6, 6.07) is 14.0. The number of pyridine rings is 3. The van der Waals surface area contributed by atoms with Gasteiger partial charge in [-0.1, -0.05) is 19.9 Å². The third kappa shape index (κ3) is 4.14. The first-order valence-corrected chi connectivity index (χ1v) is 12.6. The number of H-pyrrole nitrogens is 2. The Hall–Kier alpha value is -4.37. The summed E-state index contributed by atoms with van der Waals surface area (Å²) in [5, 5.41) is 13.7. The first kappa shape index (κ1) is 22.1. The van der Waals surface area contributed by atoms with Gasteiger partial charge in [-0.05, 0) is 47.7 Å². The van der Waals surface area contributed by atoms with E-state index in [4.69, 9.17) is 4.98 Å². The van der Waals surface area contributed by atoms with Crippen LogP contribution in [0.2, 0.25) is 0 Å². The maximum atomic E-state index is 12.2. The fourth-order valence-corrected chi connectivity index (χ4v) is 5.05. The smallest absolute Gasteiger partial charge is 0.224 e. The van der Waals surface area contributed by atoms with Crippen LogP contribution in [0.4, 0.5) is 5.69 Å². The number of anilines is 1. The molecule has 0 aromatic carbocycles. The van der Waals surface area contributed by atoms with Gasteiger partial charge in [0.2, 0.25) is 5.91 Å². The molecule has 6 aromatic rings. The Labute approximate surface area is 210 Å². The van der Waals surface area contributed by atoms with Crippen LogP contribution in [0.5, 0.6) is 0 Å². The molecule has 8 nitrogen and oxygen atoms in total. The van der Waals surface area contributed by atoms with Crippen molar-refractivity contribution in [2.75, 3.05) is 5.32 Å². The fraction of sp³-hybridized carbons (Fsp3) is 0.148. The second kappa shape index (κ2) is 9.01. The molecule has 0 fully saturated rings. The molecule has 0 bridgehead atoms. The summed E-state index contributed by atoms with van der Waals surface area (Å²) in [7, 11) is 0. The molecule has 0 aliphatic heterocycles. The second-order valence-electron chi connectivity index (χ2n) is 9.05. The number of aromatic nitrogens is 6. The van der Waals surface area contributed by atoms with E-state index in [1.165, 1.54) is 4.88 Å². The molecule has 0 saturated heterocycles. The summed E-state index contributed by atoms with van der Waals surface area (Å²) in [5.74, 6) is 0.254. The van der Waals surface area contributed by atoms with Gasteiger partial charge < -0.3 is 10.3 Å². The van der Waals surface area contributed by atoms with Crippen molar-refractivity contribution >= 4 is 45.0 Å². The van der Waals surface area contributed by atoms with Crippen molar-refractivity contribution in [1.29, 1.82) is 0 Å². The number of nitrogens with one attached hydrogen (secondary N) is 3. The Morgan fingerprint density at radius 1 is 1.14 bits per heavy atom. The predicted molar refractivity (Wildman–Crippen MR) is 144 cm³/mol. The zero-order valence-corrected chi connectivity index (χ0v) is 20.6. The molecule has 36 heavy (non-hydrogen) atoms. The van der Waals surface area contributed by atoms with Crippen LogP contribution in [0.15, 0.2) is 66.4 Å². The highest BCUT2D eigenvalue weighted by molar-refractivity contribution is 7.13. The minimum Gasteiger partial charge on any atom is -0.338 e. The lowest BCUT2D eigenvalue weighted by molar-refractivity contribution is -0.116. The molecule has 0 aliphatic rings. The molecule has 0 spiro atoms. The summed E-state index contributed by atoms with van der Waals surface area (Å²) in [5.41, 5.74) is 7.26. The van der Waals surface area contributed by atoms with Gasteiger partial charge in [0.15, 0.2) is 0 Å². The number of nitrogens with zero attached hydrogens (tertiary/aromatic N) is 4. The van der Waals surface area contributed by atoms with Crippen molar-refractivity contribution in [2.24, 2.45) is 5.92 Å². The minimum absolute atomic E-state index is 0.0289. The summed E-state index contributed by atoms with van der Waals surface area (Å²) >= 11 is 1.70. The van der Waals surface area contributed by atoms with E-state index >= 15 is 0 Å². The summed E-state index contributed by atoms with van der Waals surface area (Å²) in [6.45, 7) is 4.03. The van der Waals surface area contributed by atoms with Crippen molar-refractivity contribution in [3.63, 3.8) is 0 Å². The summed E-state index contributed by atoms with van der Waals surface area (Å²) < 4.78 is 0. The highest BCUT2D eigenvalue weighted by atomic mass is 32.1. The van der Waals surface area contributed by atoms with Crippen LogP contribution < -0.4 is 5.32 Å². The molecule has 0 atom stereocenters. The van der Waals surface area contributed by atoms with E-state index in [0.29, 0.717) is 12.1 Å². The van der Waals surface area contributed by atoms with Crippen molar-refractivity contribution in [2.45, 2.75) is 20.3 Å². The van der Waals surface area contributed by atoms with Gasteiger partial charge in [0, 0.05) is 40.2 Å². The molecule has 9 heteroatoms. The van der Waals surface area contributed by atoms with Crippen molar-refractivity contribution < 1.29 is 4.79 Å². The van der Waals surface area contributed by atoms with Crippen molar-refractivity contribution in [1.82, 2.24) is 30.1 Å². The van der Waals surface area contributed by atoms with Crippen LogP contribution in [0.3, 0.4) is 0 Å². The highest BCUT2D eigenvalue weighted by Crippen LogP contribution is 2.35. The van der Waals surface area contributed by atoms with E-state index in [2.05, 4.69) is 48.0 Å². The fourth-order valence-electron chi connectivity index (χ4n) is 4.28. The summed E-state index contributed by atoms with van der Waals surface area (Å²) in [4.78, 5) is 30.6. The minimum atomic E-state index is -0.0289. The number of carbonyl (C=O) groups excluding carboxylic acids is 1. The van der Waals surface area contributed by atoms with E-state index in [0.717, 1.165) is 50.3 Å². The van der Waals surface area contributed by atoms with E-state index in [9.17, 15) is 4.79 Å². The number of amides is 1. The number of fused-ring (bicyclic) bond motifs is 2. The number of hydrogen-bond donors (Lipinski definition) is 3. The van der Waals surface area contributed by atoms with Crippen LogP contribution in [-0.4, -0.2) is 36.0 Å². The van der Waals surface area contributed by atoms with Gasteiger partial charge in [0.25, 0.3) is 0 Å². The molecule has 0 aliphatic carbocycles. The van der Waals surface area contributed by atoms with Crippen LogP contribution in [-0.2, 0) is 4.79 Å². The van der Waals surface area contributed by atoms with E-state index < -0.39 is 0 Å². The van der Waals surface area contributed by atoms with E-state index in [1.54, 1.807) is 23.7 Å². The Morgan fingerprint density at radius 3 is 2.89 bits per heavy atom. The van der Waals surface area contributed by atoms with Crippen LogP contribution in [0.1, 0.15) is 20.3 Å². The number of thiophene rings is 1. The van der Waals surface area contributed by atoms with Crippen molar-refractivity contribution in [3.8, 4) is 33.1 Å². The molecule has 0 radical (unpaired) electrons. The van der Waals surface area contributed by atoms with Gasteiger partial charge in [-0.25, -0.2) is 9.97 Å². The molecular formula is C27H23N7OS. The third-order valence-electron chi connectivity index (χ3n) is 5.89. The first-order chi connectivity index (χ1) is 17.5. The number of aromatic amines is 2. The molecule has 0 unspecified atom stereocenters. The second-order valence-corrected chi connectivity index (χ2v) is 10.0. The number of carbonyl (C=O) groups is 1. The van der Waals surface area contributed by atoms with Crippen LogP contribution >= 0.6 is 11.3 Å². The van der Waals surface area contributed by atoms with Gasteiger partial charge in [0.05, 0.1) is 28.8 Å². The van der Waals surface area contributed by atoms with E-state index in [-0.39, 0.29) is 11.8 Å². The maximum absolute atomic E-state index is 12.2. The van der Waals surface area contributed by atoms with Crippen LogP contribution in [0, 0.1) is 5.92 Å². The Kier molecular flexibility index (Phi) is 5.54. The number of rotatable bonds is 6. The average molecular weight is 494 g/mol. The zero-order valence-electron chi connectivity index (χ0n) is 19.7. The molecule has 6 rings (SSSR count). The molecule has 178 valence electrons.